The number of carbonyl (C=O) groups excluding carboxylic acids is 1. The van der Waals surface area contributed by atoms with Crippen LogP contribution in [0.4, 0.5) is 4.79 Å². The van der Waals surface area contributed by atoms with Gasteiger partial charge >= 0.3 is 6.03 Å². The van der Waals surface area contributed by atoms with Crippen molar-refractivity contribution in [1.82, 2.24) is 14.8 Å². The molecule has 0 aliphatic carbocycles. The fourth-order valence-corrected chi connectivity index (χ4v) is 2.20. The first-order chi connectivity index (χ1) is 8.36. The quantitative estimate of drug-likeness (QED) is 0.855. The molecule has 1 aliphatic heterocycles. The molecule has 0 atom stereocenters. The van der Waals surface area contributed by atoms with Crippen molar-refractivity contribution >= 4 is 6.03 Å². The van der Waals surface area contributed by atoms with Gasteiger partial charge in [0.1, 0.15) is 0 Å². The monoisotopic (exact) mass is 235 g/mol. The molecule has 0 aromatic carbocycles. The lowest BCUT2D eigenvalue weighted by Crippen LogP contribution is -2.41. The standard InChI is InChI=1S/C13H21N3O/c17-13(16-10-3-1-2-4-11-16)14-7-12-15-8-5-6-9-15/h5-6,8-9H,1-4,7,10-12H2,(H,14,17). The third-order valence-corrected chi connectivity index (χ3v) is 3.21. The minimum absolute atomic E-state index is 0.0963. The van der Waals surface area contributed by atoms with Crippen LogP contribution in [0.15, 0.2) is 24.5 Å². The lowest BCUT2D eigenvalue weighted by Gasteiger charge is -2.20. The first-order valence-electron chi connectivity index (χ1n) is 6.50. The van der Waals surface area contributed by atoms with Crippen molar-refractivity contribution in [1.29, 1.82) is 0 Å². The Morgan fingerprint density at radius 1 is 1.06 bits per heavy atom. The molecule has 1 saturated heterocycles. The number of amides is 2. The van der Waals surface area contributed by atoms with Crippen LogP contribution in [0.1, 0.15) is 25.7 Å². The summed E-state index contributed by atoms with van der Waals surface area (Å²) in [5, 5.41) is 2.98. The number of rotatable bonds is 3. The number of nitrogens with one attached hydrogen (secondary N) is 1. The Kier molecular flexibility index (Phi) is 4.47. The molecule has 1 aliphatic rings. The van der Waals surface area contributed by atoms with Gasteiger partial charge in [-0.3, -0.25) is 0 Å². The Morgan fingerprint density at radius 3 is 2.35 bits per heavy atom. The summed E-state index contributed by atoms with van der Waals surface area (Å²) in [5.74, 6) is 0. The normalized spacial score (nSPS) is 16.6. The minimum Gasteiger partial charge on any atom is -0.353 e. The van der Waals surface area contributed by atoms with E-state index in [-0.39, 0.29) is 6.03 Å². The Labute approximate surface area is 103 Å². The molecule has 17 heavy (non-hydrogen) atoms. The second kappa shape index (κ2) is 6.33. The topological polar surface area (TPSA) is 37.3 Å². The average molecular weight is 235 g/mol. The molecule has 1 fully saturated rings. The van der Waals surface area contributed by atoms with Gasteiger partial charge in [0, 0.05) is 38.6 Å². The molecule has 0 spiro atoms. The Balaban J connectivity index is 1.69. The fraction of sp³-hybridized carbons (Fsp3) is 0.615. The number of urea groups is 1. The van der Waals surface area contributed by atoms with E-state index >= 15 is 0 Å². The van der Waals surface area contributed by atoms with Crippen LogP contribution in [0, 0.1) is 0 Å². The molecule has 0 bridgehead atoms. The summed E-state index contributed by atoms with van der Waals surface area (Å²) >= 11 is 0. The number of carbonyl (C=O) groups is 1. The summed E-state index contributed by atoms with van der Waals surface area (Å²) in [4.78, 5) is 13.8. The van der Waals surface area contributed by atoms with Crippen molar-refractivity contribution in [2.75, 3.05) is 19.6 Å². The zero-order valence-electron chi connectivity index (χ0n) is 10.3. The number of likely N-dealkylation sites (tertiary alicyclic amines) is 1. The van der Waals surface area contributed by atoms with Crippen LogP contribution in [0.25, 0.3) is 0 Å². The van der Waals surface area contributed by atoms with Gasteiger partial charge in [-0.1, -0.05) is 12.8 Å². The van der Waals surface area contributed by atoms with Gasteiger partial charge < -0.3 is 14.8 Å². The van der Waals surface area contributed by atoms with Gasteiger partial charge in [0.2, 0.25) is 0 Å². The highest BCUT2D eigenvalue weighted by Gasteiger charge is 2.14. The summed E-state index contributed by atoms with van der Waals surface area (Å²) in [5.41, 5.74) is 0. The lowest BCUT2D eigenvalue weighted by atomic mass is 10.2. The molecule has 1 aromatic heterocycles. The highest BCUT2D eigenvalue weighted by molar-refractivity contribution is 5.74. The minimum atomic E-state index is 0.0963. The molecular weight excluding hydrogens is 214 g/mol. The predicted octanol–water partition coefficient (Wildman–Crippen LogP) is 2.07. The van der Waals surface area contributed by atoms with Crippen LogP contribution in [-0.4, -0.2) is 35.1 Å². The van der Waals surface area contributed by atoms with E-state index in [4.69, 9.17) is 0 Å². The molecule has 0 radical (unpaired) electrons. The second-order valence-electron chi connectivity index (χ2n) is 4.55. The van der Waals surface area contributed by atoms with Gasteiger partial charge in [-0.25, -0.2) is 4.79 Å². The van der Waals surface area contributed by atoms with E-state index in [9.17, 15) is 4.79 Å². The molecule has 2 rings (SSSR count). The highest BCUT2D eigenvalue weighted by atomic mass is 16.2. The van der Waals surface area contributed by atoms with Gasteiger partial charge in [0.15, 0.2) is 0 Å². The number of nitrogens with zero attached hydrogens (tertiary/aromatic N) is 2. The molecule has 1 N–H and O–H groups in total. The number of hydrogen-bond donors (Lipinski definition) is 1. The van der Waals surface area contributed by atoms with Crippen molar-refractivity contribution in [3.63, 3.8) is 0 Å². The van der Waals surface area contributed by atoms with Crippen molar-refractivity contribution < 1.29 is 4.79 Å². The van der Waals surface area contributed by atoms with Crippen LogP contribution >= 0.6 is 0 Å². The van der Waals surface area contributed by atoms with E-state index < -0.39 is 0 Å². The van der Waals surface area contributed by atoms with Crippen LogP contribution < -0.4 is 5.32 Å². The Morgan fingerprint density at radius 2 is 1.71 bits per heavy atom. The Bertz CT molecular complexity index is 326. The number of aromatic nitrogens is 1. The molecule has 4 heteroatoms. The molecule has 1 aromatic rings. The van der Waals surface area contributed by atoms with Crippen molar-refractivity contribution in [2.45, 2.75) is 32.2 Å². The van der Waals surface area contributed by atoms with E-state index in [1.165, 1.54) is 12.8 Å². The second-order valence-corrected chi connectivity index (χ2v) is 4.55. The van der Waals surface area contributed by atoms with Crippen LogP contribution in [0.5, 0.6) is 0 Å². The first-order valence-corrected chi connectivity index (χ1v) is 6.50. The van der Waals surface area contributed by atoms with Crippen LogP contribution in [-0.2, 0) is 6.54 Å². The maximum atomic E-state index is 11.9. The van der Waals surface area contributed by atoms with Gasteiger partial charge in [0.05, 0.1) is 0 Å². The average Bonchev–Trinajstić information content (AvgIpc) is 2.69. The van der Waals surface area contributed by atoms with Gasteiger partial charge in [-0.2, -0.15) is 0 Å². The van der Waals surface area contributed by atoms with E-state index in [2.05, 4.69) is 9.88 Å². The highest BCUT2D eigenvalue weighted by Crippen LogP contribution is 2.09. The summed E-state index contributed by atoms with van der Waals surface area (Å²) in [7, 11) is 0. The largest absolute Gasteiger partial charge is 0.353 e. The van der Waals surface area contributed by atoms with E-state index in [0.29, 0.717) is 6.54 Å². The molecule has 2 amide bonds. The van der Waals surface area contributed by atoms with Crippen molar-refractivity contribution in [2.24, 2.45) is 0 Å². The van der Waals surface area contributed by atoms with E-state index in [1.807, 2.05) is 29.4 Å². The molecule has 0 saturated carbocycles. The SMILES string of the molecule is O=C(NCCn1cccc1)N1CCCCCC1. The summed E-state index contributed by atoms with van der Waals surface area (Å²) in [6, 6.07) is 4.09. The van der Waals surface area contributed by atoms with E-state index in [1.54, 1.807) is 0 Å². The van der Waals surface area contributed by atoms with Gasteiger partial charge in [-0.15, -0.1) is 0 Å². The number of hydrogen-bond acceptors (Lipinski definition) is 1. The van der Waals surface area contributed by atoms with Crippen LogP contribution in [0.2, 0.25) is 0 Å². The third kappa shape index (κ3) is 3.80. The fourth-order valence-electron chi connectivity index (χ4n) is 2.20. The van der Waals surface area contributed by atoms with E-state index in [0.717, 1.165) is 32.5 Å². The Hall–Kier alpha value is -1.45. The van der Waals surface area contributed by atoms with Gasteiger partial charge in [-0.05, 0) is 25.0 Å². The molecular formula is C13H21N3O. The molecule has 94 valence electrons. The molecule has 4 nitrogen and oxygen atoms in total. The zero-order chi connectivity index (χ0) is 11.9. The summed E-state index contributed by atoms with van der Waals surface area (Å²) in [6.07, 6.45) is 8.83. The summed E-state index contributed by atoms with van der Waals surface area (Å²) in [6.45, 7) is 3.36. The molecule has 2 heterocycles. The zero-order valence-corrected chi connectivity index (χ0v) is 10.3. The maximum absolute atomic E-state index is 11.9. The lowest BCUT2D eigenvalue weighted by molar-refractivity contribution is 0.199. The third-order valence-electron chi connectivity index (χ3n) is 3.21. The summed E-state index contributed by atoms with van der Waals surface area (Å²) < 4.78 is 2.07. The first kappa shape index (κ1) is 12.0. The van der Waals surface area contributed by atoms with Gasteiger partial charge in [0.25, 0.3) is 0 Å². The van der Waals surface area contributed by atoms with Crippen molar-refractivity contribution in [3.05, 3.63) is 24.5 Å². The predicted molar refractivity (Wildman–Crippen MR) is 67.9 cm³/mol. The van der Waals surface area contributed by atoms with Crippen molar-refractivity contribution in [3.8, 4) is 0 Å². The van der Waals surface area contributed by atoms with Crippen LogP contribution in [0.3, 0.4) is 0 Å². The maximum Gasteiger partial charge on any atom is 0.317 e. The smallest absolute Gasteiger partial charge is 0.317 e. The molecule has 0 unspecified atom stereocenters.